The van der Waals surface area contributed by atoms with Crippen LogP contribution >= 0.6 is 0 Å². The van der Waals surface area contributed by atoms with Gasteiger partial charge in [-0.2, -0.15) is 0 Å². The van der Waals surface area contributed by atoms with E-state index in [1.165, 1.54) is 24.3 Å². The van der Waals surface area contributed by atoms with E-state index in [0.29, 0.717) is 5.69 Å². The lowest BCUT2D eigenvalue weighted by Crippen LogP contribution is -2.13. The van der Waals surface area contributed by atoms with E-state index in [4.69, 9.17) is 0 Å². The third-order valence-corrected chi connectivity index (χ3v) is 1.35. The van der Waals surface area contributed by atoms with Gasteiger partial charge in [-0.1, -0.05) is 12.7 Å². The molecule has 0 spiro atoms. The number of benzene rings is 1. The van der Waals surface area contributed by atoms with E-state index >= 15 is 0 Å². The second kappa shape index (κ2) is 5.01. The molecule has 0 heterocycles. The summed E-state index contributed by atoms with van der Waals surface area (Å²) < 4.78 is 17.1. The van der Waals surface area contributed by atoms with Gasteiger partial charge in [0, 0.05) is 11.8 Å². The van der Waals surface area contributed by atoms with E-state index in [0.717, 1.165) is 0 Å². The highest BCUT2D eigenvalue weighted by Gasteiger charge is 2.01. The van der Waals surface area contributed by atoms with Crippen LogP contribution in [0, 0.1) is 11.9 Å². The van der Waals surface area contributed by atoms with Crippen LogP contribution in [0.25, 0.3) is 0 Å². The van der Waals surface area contributed by atoms with Gasteiger partial charge in [-0.3, -0.25) is 5.32 Å². The third-order valence-electron chi connectivity index (χ3n) is 1.35. The molecule has 1 aromatic rings. The molecular weight excluding hydrogens is 185 g/mol. The smallest absolute Gasteiger partial charge is 0.411 e. The average Bonchev–Trinajstić information content (AvgIpc) is 2.18. The highest BCUT2D eigenvalue weighted by Crippen LogP contribution is 2.07. The third kappa shape index (κ3) is 3.26. The molecule has 0 bridgehead atoms. The molecule has 1 radical (unpaired) electrons. The van der Waals surface area contributed by atoms with Crippen molar-refractivity contribution in [1.82, 2.24) is 0 Å². The average molecular weight is 194 g/mol. The molecule has 1 amide bonds. The summed E-state index contributed by atoms with van der Waals surface area (Å²) in [6.45, 7) is 3.53. The van der Waals surface area contributed by atoms with Crippen molar-refractivity contribution >= 4 is 11.8 Å². The number of carbonyl (C=O) groups excluding carboxylic acids is 1. The first kappa shape index (κ1) is 10.2. The quantitative estimate of drug-likeness (QED) is 0.750. The molecule has 1 N–H and O–H groups in total. The maximum atomic E-state index is 12.4. The fourth-order valence-corrected chi connectivity index (χ4v) is 0.772. The molecule has 0 aliphatic carbocycles. The highest BCUT2D eigenvalue weighted by atomic mass is 19.1. The number of rotatable bonds is 3. The number of hydrogen-bond acceptors (Lipinski definition) is 2. The zero-order valence-electron chi connectivity index (χ0n) is 7.42. The maximum absolute atomic E-state index is 12.4. The van der Waals surface area contributed by atoms with Gasteiger partial charge >= 0.3 is 6.09 Å². The molecule has 0 atom stereocenters. The van der Waals surface area contributed by atoms with Gasteiger partial charge in [0.15, 0.2) is 0 Å². The molecule has 0 aliphatic rings. The molecule has 0 aliphatic heterocycles. The molecule has 73 valence electrons. The summed E-state index contributed by atoms with van der Waals surface area (Å²) in [5.41, 5.74) is 0.431. The minimum Gasteiger partial charge on any atom is -0.445 e. The van der Waals surface area contributed by atoms with Crippen molar-refractivity contribution in [2.75, 3.05) is 11.9 Å². The largest absolute Gasteiger partial charge is 0.445 e. The van der Waals surface area contributed by atoms with Crippen LogP contribution < -0.4 is 5.32 Å². The molecule has 0 fully saturated rings. The highest BCUT2D eigenvalue weighted by molar-refractivity contribution is 5.84. The number of anilines is 1. The number of amides is 1. The first-order chi connectivity index (χ1) is 6.72. The Bertz CT molecular complexity index is 321. The predicted octanol–water partition coefficient (Wildman–Crippen LogP) is 2.36. The Morgan fingerprint density at radius 2 is 2.50 bits per heavy atom. The van der Waals surface area contributed by atoms with E-state index in [-0.39, 0.29) is 6.61 Å². The molecule has 1 aromatic carbocycles. The van der Waals surface area contributed by atoms with Gasteiger partial charge in [-0.05, 0) is 18.2 Å². The van der Waals surface area contributed by atoms with Gasteiger partial charge in [-0.25, -0.2) is 9.18 Å². The van der Waals surface area contributed by atoms with Crippen molar-refractivity contribution in [3.8, 4) is 0 Å². The van der Waals surface area contributed by atoms with E-state index < -0.39 is 11.9 Å². The molecule has 0 aromatic heterocycles. The van der Waals surface area contributed by atoms with E-state index in [2.05, 4.69) is 22.7 Å². The Kier molecular flexibility index (Phi) is 3.67. The molecule has 0 saturated carbocycles. The molecule has 4 heteroatoms. The van der Waals surface area contributed by atoms with Gasteiger partial charge in [0.25, 0.3) is 0 Å². The van der Waals surface area contributed by atoms with Gasteiger partial charge in [0.1, 0.15) is 12.4 Å². The van der Waals surface area contributed by atoms with E-state index in [1.54, 1.807) is 0 Å². The molecule has 0 saturated heterocycles. The molecule has 1 rings (SSSR count). The summed E-state index contributed by atoms with van der Waals surface area (Å²) in [5, 5.41) is 2.40. The fourth-order valence-electron chi connectivity index (χ4n) is 0.772. The SMILES string of the molecule is C=CCOC(=O)Nc1c[c]c(F)cc1. The summed E-state index contributed by atoms with van der Waals surface area (Å²) in [5.74, 6) is -0.477. The van der Waals surface area contributed by atoms with Crippen LogP contribution in [0.5, 0.6) is 0 Å². The van der Waals surface area contributed by atoms with Gasteiger partial charge in [-0.15, -0.1) is 0 Å². The number of hydrogen-bond donors (Lipinski definition) is 1. The van der Waals surface area contributed by atoms with Crippen molar-refractivity contribution in [3.63, 3.8) is 0 Å². The standard InChI is InChI=1S/C10H9FNO2/c1-2-7-14-10(13)12-9-5-3-8(11)4-6-9/h2-3,5-6H,1,7H2,(H,12,13). The Balaban J connectivity index is 2.47. The summed E-state index contributed by atoms with van der Waals surface area (Å²) in [6.07, 6.45) is 0.848. The number of halogens is 1. The zero-order chi connectivity index (χ0) is 10.4. The van der Waals surface area contributed by atoms with Crippen LogP contribution in [0.15, 0.2) is 30.9 Å². The van der Waals surface area contributed by atoms with Crippen LogP contribution in [0.3, 0.4) is 0 Å². The van der Waals surface area contributed by atoms with Crippen LogP contribution in [-0.4, -0.2) is 12.7 Å². The van der Waals surface area contributed by atoms with Crippen LogP contribution in [0.4, 0.5) is 14.9 Å². The van der Waals surface area contributed by atoms with Crippen molar-refractivity contribution in [2.45, 2.75) is 0 Å². The summed E-state index contributed by atoms with van der Waals surface area (Å²) in [7, 11) is 0. The lowest BCUT2D eigenvalue weighted by molar-refractivity contribution is 0.174. The second-order valence-corrected chi connectivity index (χ2v) is 2.44. The lowest BCUT2D eigenvalue weighted by Gasteiger charge is -2.04. The number of carbonyl (C=O) groups is 1. The molecule has 3 nitrogen and oxygen atoms in total. The first-order valence-electron chi connectivity index (χ1n) is 3.94. The van der Waals surface area contributed by atoms with Crippen molar-refractivity contribution < 1.29 is 13.9 Å². The molecule has 0 unspecified atom stereocenters. The minimum absolute atomic E-state index is 0.136. The molecular formula is C10H9FNO2. The van der Waals surface area contributed by atoms with Crippen LogP contribution in [0.2, 0.25) is 0 Å². The maximum Gasteiger partial charge on any atom is 0.411 e. The summed E-state index contributed by atoms with van der Waals surface area (Å²) in [6, 6.07) is 6.24. The number of nitrogens with one attached hydrogen (secondary N) is 1. The minimum atomic E-state index is -0.607. The van der Waals surface area contributed by atoms with Crippen molar-refractivity contribution in [1.29, 1.82) is 0 Å². The summed E-state index contributed by atoms with van der Waals surface area (Å²) in [4.78, 5) is 11.0. The Hall–Kier alpha value is -1.84. The topological polar surface area (TPSA) is 38.3 Å². The van der Waals surface area contributed by atoms with Crippen molar-refractivity contribution in [3.05, 3.63) is 42.7 Å². The van der Waals surface area contributed by atoms with Crippen LogP contribution in [0.1, 0.15) is 0 Å². The Morgan fingerprint density at radius 3 is 3.07 bits per heavy atom. The van der Waals surface area contributed by atoms with Crippen LogP contribution in [-0.2, 0) is 4.74 Å². The fraction of sp³-hybridized carbons (Fsp3) is 0.100. The zero-order valence-corrected chi connectivity index (χ0v) is 7.42. The predicted molar refractivity (Wildman–Crippen MR) is 50.4 cm³/mol. The summed E-state index contributed by atoms with van der Waals surface area (Å²) >= 11 is 0. The first-order valence-corrected chi connectivity index (χ1v) is 3.94. The van der Waals surface area contributed by atoms with Crippen molar-refractivity contribution in [2.24, 2.45) is 0 Å². The Labute approximate surface area is 81.2 Å². The van der Waals surface area contributed by atoms with Gasteiger partial charge < -0.3 is 4.74 Å². The molecule has 14 heavy (non-hydrogen) atoms. The van der Waals surface area contributed by atoms with Gasteiger partial charge in [0.05, 0.1) is 0 Å². The number of ether oxygens (including phenoxy) is 1. The Morgan fingerprint density at radius 1 is 1.71 bits per heavy atom. The van der Waals surface area contributed by atoms with E-state index in [1.807, 2.05) is 0 Å². The monoisotopic (exact) mass is 194 g/mol. The second-order valence-electron chi connectivity index (χ2n) is 2.44. The lowest BCUT2D eigenvalue weighted by atomic mass is 10.3. The van der Waals surface area contributed by atoms with E-state index in [9.17, 15) is 9.18 Å². The van der Waals surface area contributed by atoms with Gasteiger partial charge in [0.2, 0.25) is 0 Å². The normalized spacial score (nSPS) is 9.21.